The predicted molar refractivity (Wildman–Crippen MR) is 168 cm³/mol. The van der Waals surface area contributed by atoms with Gasteiger partial charge in [-0.3, -0.25) is 9.59 Å². The second-order valence-electron chi connectivity index (χ2n) is 9.57. The summed E-state index contributed by atoms with van der Waals surface area (Å²) < 4.78 is 68.6. The van der Waals surface area contributed by atoms with Crippen LogP contribution < -0.4 is 0 Å². The van der Waals surface area contributed by atoms with E-state index in [4.69, 9.17) is 61.9 Å². The Morgan fingerprint density at radius 3 is 0.938 bits per heavy atom. The van der Waals surface area contributed by atoms with Crippen LogP contribution in [0.1, 0.15) is 25.7 Å². The smallest absolute Gasteiger partial charge is 0.331 e. The molecule has 0 bridgehead atoms. The van der Waals surface area contributed by atoms with Gasteiger partial charge >= 0.3 is 17.9 Å². The topological polar surface area (TPSA) is 191 Å². The van der Waals surface area contributed by atoms with E-state index in [0.717, 1.165) is 0 Å². The van der Waals surface area contributed by atoms with Gasteiger partial charge in [0.25, 0.3) is 0 Å². The first-order valence-corrected chi connectivity index (χ1v) is 16.4. The summed E-state index contributed by atoms with van der Waals surface area (Å²) >= 11 is 0. The SMILES string of the molecule is COC(=O)COCCOCCOCCOCCOCCOCCOCCOCCOCCOCCOCCOC(=O)CCCCC(=O)O. The van der Waals surface area contributed by atoms with Crippen molar-refractivity contribution in [3.63, 3.8) is 0 Å². The predicted octanol–water partition coefficient (Wildman–Crippen LogP) is 0.530. The molecule has 284 valence electrons. The van der Waals surface area contributed by atoms with Gasteiger partial charge in [-0.1, -0.05) is 0 Å². The molecule has 17 nitrogen and oxygen atoms in total. The van der Waals surface area contributed by atoms with Crippen LogP contribution in [0, 0.1) is 0 Å². The van der Waals surface area contributed by atoms with Crippen molar-refractivity contribution in [2.24, 2.45) is 0 Å². The summed E-state index contributed by atoms with van der Waals surface area (Å²) in [5.41, 5.74) is 0. The molecule has 48 heavy (non-hydrogen) atoms. The minimum absolute atomic E-state index is 0.0563. The molecule has 0 aliphatic rings. The van der Waals surface area contributed by atoms with Crippen molar-refractivity contribution in [3.8, 4) is 0 Å². The van der Waals surface area contributed by atoms with E-state index in [2.05, 4.69) is 4.74 Å². The highest BCUT2D eigenvalue weighted by Gasteiger charge is 2.04. The number of carbonyl (C=O) groups is 3. The van der Waals surface area contributed by atoms with Crippen LogP contribution in [0.5, 0.6) is 0 Å². The fourth-order valence-electron chi connectivity index (χ4n) is 3.25. The van der Waals surface area contributed by atoms with Gasteiger partial charge in [-0.15, -0.1) is 0 Å². The Morgan fingerprint density at radius 1 is 0.375 bits per heavy atom. The highest BCUT2D eigenvalue weighted by Crippen LogP contribution is 2.01. The van der Waals surface area contributed by atoms with Gasteiger partial charge < -0.3 is 66.7 Å². The number of hydrogen-bond acceptors (Lipinski definition) is 16. The maximum Gasteiger partial charge on any atom is 0.331 e. The van der Waals surface area contributed by atoms with Crippen LogP contribution in [0.2, 0.25) is 0 Å². The van der Waals surface area contributed by atoms with Crippen LogP contribution in [-0.4, -0.2) is 182 Å². The number of rotatable bonds is 40. The van der Waals surface area contributed by atoms with Gasteiger partial charge in [0.15, 0.2) is 0 Å². The molecule has 0 atom stereocenters. The molecule has 0 spiro atoms. The number of unbranched alkanes of at least 4 members (excludes halogenated alkanes) is 1. The van der Waals surface area contributed by atoms with E-state index in [1.807, 2.05) is 0 Å². The summed E-state index contributed by atoms with van der Waals surface area (Å²) in [6.07, 6.45) is 1.22. The molecular formula is C31H58O17. The number of methoxy groups -OCH3 is 1. The molecule has 0 fully saturated rings. The molecule has 0 saturated carbocycles. The quantitative estimate of drug-likeness (QED) is 0.0686. The Kier molecular flexibility index (Phi) is 37.7. The van der Waals surface area contributed by atoms with Crippen molar-refractivity contribution in [3.05, 3.63) is 0 Å². The van der Waals surface area contributed by atoms with Crippen molar-refractivity contribution >= 4 is 17.9 Å². The Balaban J connectivity index is 3.10. The van der Waals surface area contributed by atoms with E-state index < -0.39 is 11.9 Å². The van der Waals surface area contributed by atoms with Crippen molar-refractivity contribution in [1.82, 2.24) is 0 Å². The van der Waals surface area contributed by atoms with Crippen LogP contribution in [0.3, 0.4) is 0 Å². The van der Waals surface area contributed by atoms with Crippen LogP contribution in [0.15, 0.2) is 0 Å². The van der Waals surface area contributed by atoms with Crippen LogP contribution in [0.4, 0.5) is 0 Å². The minimum atomic E-state index is -0.866. The van der Waals surface area contributed by atoms with Gasteiger partial charge in [0.05, 0.1) is 146 Å². The van der Waals surface area contributed by atoms with Crippen molar-refractivity contribution < 1.29 is 81.1 Å². The lowest BCUT2D eigenvalue weighted by atomic mass is 10.2. The third-order valence-corrected chi connectivity index (χ3v) is 5.68. The molecule has 0 aliphatic heterocycles. The summed E-state index contributed by atoms with van der Waals surface area (Å²) in [6, 6.07) is 0. The molecule has 0 radical (unpaired) electrons. The fraction of sp³-hybridized carbons (Fsp3) is 0.903. The van der Waals surface area contributed by atoms with E-state index >= 15 is 0 Å². The average Bonchev–Trinajstić information content (AvgIpc) is 3.08. The van der Waals surface area contributed by atoms with E-state index in [1.165, 1.54) is 7.11 Å². The summed E-state index contributed by atoms with van der Waals surface area (Å²) in [4.78, 5) is 32.7. The lowest BCUT2D eigenvalue weighted by molar-refractivity contribution is -0.146. The van der Waals surface area contributed by atoms with Gasteiger partial charge in [0.1, 0.15) is 13.2 Å². The number of aliphatic carboxylic acids is 1. The molecule has 0 unspecified atom stereocenters. The molecule has 0 aromatic heterocycles. The zero-order valence-corrected chi connectivity index (χ0v) is 28.6. The average molecular weight is 703 g/mol. The third-order valence-electron chi connectivity index (χ3n) is 5.68. The first-order valence-electron chi connectivity index (χ1n) is 16.4. The standard InChI is InChI=1S/C31H58O17/c1-36-31(35)28-47-25-24-45-21-20-43-17-16-41-13-12-39-9-8-37-6-7-38-10-11-40-14-15-42-18-19-44-22-23-46-26-27-48-30(34)5-3-2-4-29(32)33/h2-28H2,1H3,(H,32,33). The first kappa shape index (κ1) is 46.0. The monoisotopic (exact) mass is 702 g/mol. The zero-order valence-electron chi connectivity index (χ0n) is 28.6. The molecule has 0 aromatic rings. The van der Waals surface area contributed by atoms with Crippen LogP contribution in [-0.2, 0) is 76.0 Å². The van der Waals surface area contributed by atoms with E-state index in [0.29, 0.717) is 145 Å². The number of carboxylic acid groups (broad SMARTS) is 1. The summed E-state index contributed by atoms with van der Waals surface area (Å²) in [5, 5.41) is 8.54. The largest absolute Gasteiger partial charge is 0.481 e. The van der Waals surface area contributed by atoms with Crippen molar-refractivity contribution in [2.75, 3.05) is 159 Å². The van der Waals surface area contributed by atoms with E-state index in [1.54, 1.807) is 0 Å². The van der Waals surface area contributed by atoms with Gasteiger partial charge in [0, 0.05) is 12.8 Å². The molecule has 0 heterocycles. The summed E-state index contributed by atoms with van der Waals surface area (Å²) in [6.45, 7) is 9.23. The molecule has 1 N–H and O–H groups in total. The Hall–Kier alpha value is -2.03. The normalized spacial score (nSPS) is 11.2. The second kappa shape index (κ2) is 39.4. The molecule has 17 heteroatoms. The third kappa shape index (κ3) is 40.1. The van der Waals surface area contributed by atoms with Gasteiger partial charge in [-0.25, -0.2) is 4.79 Å². The van der Waals surface area contributed by atoms with Crippen LogP contribution in [0.25, 0.3) is 0 Å². The van der Waals surface area contributed by atoms with Gasteiger partial charge in [0.2, 0.25) is 0 Å². The minimum Gasteiger partial charge on any atom is -0.481 e. The number of hydrogen-bond donors (Lipinski definition) is 1. The number of carboxylic acids is 1. The van der Waals surface area contributed by atoms with Gasteiger partial charge in [-0.2, -0.15) is 0 Å². The Morgan fingerprint density at radius 2 is 0.646 bits per heavy atom. The molecule has 0 amide bonds. The highest BCUT2D eigenvalue weighted by atomic mass is 16.6. The molecule has 0 saturated heterocycles. The number of carbonyl (C=O) groups excluding carboxylic acids is 2. The number of esters is 2. The first-order chi connectivity index (χ1) is 23.6. The van der Waals surface area contributed by atoms with Crippen molar-refractivity contribution in [1.29, 1.82) is 0 Å². The highest BCUT2D eigenvalue weighted by molar-refractivity contribution is 5.70. The second-order valence-corrected chi connectivity index (χ2v) is 9.57. The summed E-state index contributed by atoms with van der Waals surface area (Å²) in [7, 11) is 1.31. The Labute approximate surface area is 283 Å². The maximum atomic E-state index is 11.5. The lowest BCUT2D eigenvalue weighted by Crippen LogP contribution is -2.16. The summed E-state index contributed by atoms with van der Waals surface area (Å²) in [5.74, 6) is -1.63. The fourth-order valence-corrected chi connectivity index (χ4v) is 3.25. The lowest BCUT2D eigenvalue weighted by Gasteiger charge is -2.09. The molecule has 0 aliphatic carbocycles. The Bertz CT molecular complexity index is 713. The van der Waals surface area contributed by atoms with Crippen molar-refractivity contribution in [2.45, 2.75) is 25.7 Å². The van der Waals surface area contributed by atoms with Gasteiger partial charge in [-0.05, 0) is 12.8 Å². The van der Waals surface area contributed by atoms with E-state index in [-0.39, 0.29) is 38.6 Å². The molecule has 0 aromatic carbocycles. The van der Waals surface area contributed by atoms with Crippen LogP contribution >= 0.6 is 0 Å². The molecule has 0 rings (SSSR count). The zero-order chi connectivity index (χ0) is 35.0. The molecular weight excluding hydrogens is 644 g/mol. The van der Waals surface area contributed by atoms with E-state index in [9.17, 15) is 14.4 Å². The number of ether oxygens (including phenoxy) is 13. The maximum absolute atomic E-state index is 11.5.